The van der Waals surface area contributed by atoms with Gasteiger partial charge >= 0.3 is 5.97 Å². The van der Waals surface area contributed by atoms with E-state index in [0.29, 0.717) is 35.7 Å². The summed E-state index contributed by atoms with van der Waals surface area (Å²) < 4.78 is 6.80. The number of piperidine rings is 1. The van der Waals surface area contributed by atoms with Gasteiger partial charge in [-0.05, 0) is 44.0 Å². The zero-order valence-electron chi connectivity index (χ0n) is 15.3. The van der Waals surface area contributed by atoms with Crippen LogP contribution in [-0.2, 0) is 9.53 Å². The van der Waals surface area contributed by atoms with Crippen LogP contribution in [0.2, 0.25) is 5.02 Å². The molecule has 1 aromatic carbocycles. The number of nitrogens with zero attached hydrogens (tertiary/aromatic N) is 3. The Morgan fingerprint density at radius 2 is 2.04 bits per heavy atom. The molecule has 1 aromatic heterocycles. The highest BCUT2D eigenvalue weighted by Gasteiger charge is 2.44. The molecule has 8 heteroatoms. The summed E-state index contributed by atoms with van der Waals surface area (Å²) in [5.74, 6) is -1.15. The highest BCUT2D eigenvalue weighted by Crippen LogP contribution is 2.32. The van der Waals surface area contributed by atoms with Gasteiger partial charge in [0.1, 0.15) is 5.41 Å². The Morgan fingerprint density at radius 1 is 1.33 bits per heavy atom. The van der Waals surface area contributed by atoms with Crippen molar-refractivity contribution in [2.45, 2.75) is 19.8 Å². The minimum Gasteiger partial charge on any atom is -0.481 e. The SMILES string of the molecule is COCC1(C(=O)O)CCCN(C(=O)c2cnn(-c3ccc(Cl)cc3)c2C)C1. The topological polar surface area (TPSA) is 84.7 Å². The average molecular weight is 392 g/mol. The van der Waals surface area contributed by atoms with E-state index in [9.17, 15) is 14.7 Å². The third-order valence-corrected chi connectivity index (χ3v) is 5.30. The van der Waals surface area contributed by atoms with Crippen LogP contribution in [-0.4, -0.2) is 58.5 Å². The van der Waals surface area contributed by atoms with Crippen molar-refractivity contribution >= 4 is 23.5 Å². The number of aromatic nitrogens is 2. The number of amides is 1. The van der Waals surface area contributed by atoms with Gasteiger partial charge in [0.05, 0.1) is 29.7 Å². The second-order valence-electron chi connectivity index (χ2n) is 6.88. The molecule has 1 N–H and O–H groups in total. The molecule has 0 bridgehead atoms. The third kappa shape index (κ3) is 3.70. The summed E-state index contributed by atoms with van der Waals surface area (Å²) in [7, 11) is 1.48. The predicted octanol–water partition coefficient (Wildman–Crippen LogP) is 2.79. The Kier molecular flexibility index (Phi) is 5.53. The lowest BCUT2D eigenvalue weighted by Crippen LogP contribution is -2.52. The van der Waals surface area contributed by atoms with Crippen molar-refractivity contribution in [1.29, 1.82) is 0 Å². The first-order valence-corrected chi connectivity index (χ1v) is 9.08. The third-order valence-electron chi connectivity index (χ3n) is 5.05. The molecule has 3 rings (SSSR count). The van der Waals surface area contributed by atoms with Crippen LogP contribution in [0.1, 0.15) is 28.9 Å². The van der Waals surface area contributed by atoms with Crippen LogP contribution in [0.3, 0.4) is 0 Å². The Hall–Kier alpha value is -2.38. The number of carboxylic acid groups (broad SMARTS) is 1. The number of methoxy groups -OCH3 is 1. The van der Waals surface area contributed by atoms with Crippen molar-refractivity contribution in [3.05, 3.63) is 46.7 Å². The molecule has 0 aliphatic carbocycles. The fourth-order valence-electron chi connectivity index (χ4n) is 3.57. The van der Waals surface area contributed by atoms with Crippen LogP contribution in [0.25, 0.3) is 5.69 Å². The van der Waals surface area contributed by atoms with Crippen molar-refractivity contribution in [2.24, 2.45) is 5.41 Å². The molecule has 1 aliphatic heterocycles. The van der Waals surface area contributed by atoms with Gasteiger partial charge in [-0.3, -0.25) is 9.59 Å². The molecule has 1 atom stereocenters. The minimum atomic E-state index is -1.07. The second-order valence-corrected chi connectivity index (χ2v) is 7.32. The molecule has 144 valence electrons. The van der Waals surface area contributed by atoms with E-state index in [1.54, 1.807) is 21.7 Å². The molecule has 1 saturated heterocycles. The Balaban J connectivity index is 1.86. The van der Waals surface area contributed by atoms with Crippen LogP contribution < -0.4 is 0 Å². The normalized spacial score (nSPS) is 19.9. The fourth-order valence-corrected chi connectivity index (χ4v) is 3.69. The van der Waals surface area contributed by atoms with Crippen LogP contribution >= 0.6 is 11.6 Å². The smallest absolute Gasteiger partial charge is 0.313 e. The molecule has 2 heterocycles. The zero-order valence-corrected chi connectivity index (χ0v) is 16.1. The first-order valence-electron chi connectivity index (χ1n) is 8.70. The van der Waals surface area contributed by atoms with Gasteiger partial charge in [-0.15, -0.1) is 0 Å². The van der Waals surface area contributed by atoms with Crippen LogP contribution in [0.5, 0.6) is 0 Å². The number of hydrogen-bond donors (Lipinski definition) is 1. The highest BCUT2D eigenvalue weighted by molar-refractivity contribution is 6.30. The minimum absolute atomic E-state index is 0.0785. The summed E-state index contributed by atoms with van der Waals surface area (Å²) in [6, 6.07) is 7.17. The van der Waals surface area contributed by atoms with Crippen molar-refractivity contribution < 1.29 is 19.4 Å². The summed E-state index contributed by atoms with van der Waals surface area (Å²) >= 11 is 5.93. The predicted molar refractivity (Wildman–Crippen MR) is 100 cm³/mol. The molecule has 0 saturated carbocycles. The van der Waals surface area contributed by atoms with Gasteiger partial charge in [-0.25, -0.2) is 4.68 Å². The van der Waals surface area contributed by atoms with Gasteiger partial charge in [-0.2, -0.15) is 5.10 Å². The monoisotopic (exact) mass is 391 g/mol. The molecular weight excluding hydrogens is 370 g/mol. The molecule has 7 nitrogen and oxygen atoms in total. The van der Waals surface area contributed by atoms with Crippen molar-refractivity contribution in [3.63, 3.8) is 0 Å². The number of halogens is 1. The molecule has 2 aromatic rings. The molecule has 27 heavy (non-hydrogen) atoms. The number of hydrogen-bond acceptors (Lipinski definition) is 4. The molecule has 1 amide bonds. The van der Waals surface area contributed by atoms with E-state index in [1.807, 2.05) is 19.1 Å². The maximum atomic E-state index is 13.1. The van der Waals surface area contributed by atoms with Gasteiger partial charge in [0.25, 0.3) is 5.91 Å². The van der Waals surface area contributed by atoms with Crippen molar-refractivity contribution in [2.75, 3.05) is 26.8 Å². The van der Waals surface area contributed by atoms with E-state index < -0.39 is 11.4 Å². The van der Waals surface area contributed by atoms with E-state index in [-0.39, 0.29) is 19.1 Å². The Morgan fingerprint density at radius 3 is 2.67 bits per heavy atom. The van der Waals surface area contributed by atoms with Gasteiger partial charge in [0, 0.05) is 25.2 Å². The Bertz CT molecular complexity index is 845. The first-order chi connectivity index (χ1) is 12.9. The van der Waals surface area contributed by atoms with Crippen molar-refractivity contribution in [1.82, 2.24) is 14.7 Å². The number of carboxylic acids is 1. The van der Waals surface area contributed by atoms with Crippen LogP contribution in [0.15, 0.2) is 30.5 Å². The molecule has 0 radical (unpaired) electrons. The number of rotatable bonds is 5. The molecular formula is C19H22ClN3O4. The second kappa shape index (κ2) is 7.70. The van der Waals surface area contributed by atoms with E-state index >= 15 is 0 Å². The van der Waals surface area contributed by atoms with Gasteiger partial charge in [0.15, 0.2) is 0 Å². The lowest BCUT2D eigenvalue weighted by atomic mass is 9.80. The lowest BCUT2D eigenvalue weighted by molar-refractivity contribution is -0.155. The maximum Gasteiger partial charge on any atom is 0.313 e. The number of aliphatic carboxylic acids is 1. The largest absolute Gasteiger partial charge is 0.481 e. The van der Waals surface area contributed by atoms with Gasteiger partial charge in [0.2, 0.25) is 0 Å². The number of carbonyl (C=O) groups is 2. The van der Waals surface area contributed by atoms with Crippen molar-refractivity contribution in [3.8, 4) is 5.69 Å². The number of carbonyl (C=O) groups excluding carboxylic acids is 1. The quantitative estimate of drug-likeness (QED) is 0.847. The Labute approximate surface area is 162 Å². The first kappa shape index (κ1) is 19.4. The number of likely N-dealkylation sites (tertiary alicyclic amines) is 1. The van der Waals surface area contributed by atoms with E-state index in [0.717, 1.165) is 5.69 Å². The average Bonchev–Trinajstić information content (AvgIpc) is 3.03. The summed E-state index contributed by atoms with van der Waals surface area (Å²) in [6.45, 7) is 2.54. The summed E-state index contributed by atoms with van der Waals surface area (Å²) in [4.78, 5) is 26.5. The molecule has 1 unspecified atom stereocenters. The van der Waals surface area contributed by atoms with Crippen LogP contribution in [0.4, 0.5) is 0 Å². The fraction of sp³-hybridized carbons (Fsp3) is 0.421. The summed E-state index contributed by atoms with van der Waals surface area (Å²) in [5.41, 5.74) is 0.890. The zero-order chi connectivity index (χ0) is 19.6. The van der Waals surface area contributed by atoms with E-state index in [4.69, 9.17) is 16.3 Å². The van der Waals surface area contributed by atoms with E-state index in [1.165, 1.54) is 13.3 Å². The highest BCUT2D eigenvalue weighted by atomic mass is 35.5. The lowest BCUT2D eigenvalue weighted by Gasteiger charge is -2.39. The number of ether oxygens (including phenoxy) is 1. The van der Waals surface area contributed by atoms with E-state index in [2.05, 4.69) is 5.10 Å². The standard InChI is InChI=1S/C19H22ClN3O4/c1-13-16(10-21-23(13)15-6-4-14(20)5-7-15)17(24)22-9-3-8-19(11-22,12-27-2)18(25)26/h4-7,10H,3,8-9,11-12H2,1-2H3,(H,25,26). The molecule has 1 aliphatic rings. The van der Waals surface area contributed by atoms with Gasteiger partial charge in [-0.1, -0.05) is 11.6 Å². The molecule has 1 fully saturated rings. The summed E-state index contributed by atoms with van der Waals surface area (Å²) in [5, 5.41) is 14.6. The van der Waals surface area contributed by atoms with Crippen LogP contribution in [0, 0.1) is 12.3 Å². The maximum absolute atomic E-state index is 13.1. The number of benzene rings is 1. The molecule has 0 spiro atoms. The van der Waals surface area contributed by atoms with Gasteiger partial charge < -0.3 is 14.7 Å². The summed E-state index contributed by atoms with van der Waals surface area (Å²) in [6.07, 6.45) is 2.63.